The van der Waals surface area contributed by atoms with Gasteiger partial charge in [0, 0.05) is 32.2 Å². The van der Waals surface area contributed by atoms with Crippen molar-refractivity contribution >= 4 is 6.03 Å². The fourth-order valence-corrected chi connectivity index (χ4v) is 2.74. The summed E-state index contributed by atoms with van der Waals surface area (Å²) in [5.41, 5.74) is -0.0890. The number of rotatable bonds is 7. The maximum atomic E-state index is 12.1. The highest BCUT2D eigenvalue weighted by Gasteiger charge is 2.28. The van der Waals surface area contributed by atoms with E-state index in [1.165, 1.54) is 0 Å². The molecule has 0 aliphatic carbocycles. The van der Waals surface area contributed by atoms with E-state index in [1.54, 1.807) is 6.92 Å². The number of carbonyl (C=O) groups is 1. The molecule has 0 aromatic rings. The van der Waals surface area contributed by atoms with Crippen LogP contribution in [0.1, 0.15) is 40.5 Å². The number of aliphatic hydroxyl groups is 1. The van der Waals surface area contributed by atoms with Crippen LogP contribution in [-0.2, 0) is 4.74 Å². The molecule has 0 spiro atoms. The van der Waals surface area contributed by atoms with Gasteiger partial charge in [0.25, 0.3) is 0 Å². The first kappa shape index (κ1) is 17.2. The van der Waals surface area contributed by atoms with Gasteiger partial charge in [-0.2, -0.15) is 0 Å². The van der Waals surface area contributed by atoms with Crippen molar-refractivity contribution in [1.82, 2.24) is 10.2 Å². The van der Waals surface area contributed by atoms with Gasteiger partial charge in [0.1, 0.15) is 0 Å². The van der Waals surface area contributed by atoms with Crippen LogP contribution in [0.25, 0.3) is 0 Å². The van der Waals surface area contributed by atoms with Crippen LogP contribution < -0.4 is 5.32 Å². The van der Waals surface area contributed by atoms with E-state index in [0.717, 1.165) is 32.7 Å². The predicted molar refractivity (Wildman–Crippen MR) is 79.7 cm³/mol. The first-order chi connectivity index (χ1) is 9.34. The molecule has 20 heavy (non-hydrogen) atoms. The Morgan fingerprint density at radius 2 is 2.25 bits per heavy atom. The molecule has 1 rings (SSSR count). The molecule has 1 heterocycles. The largest absolute Gasteiger partial charge is 0.393 e. The molecule has 0 radical (unpaired) electrons. The van der Waals surface area contributed by atoms with Crippen LogP contribution in [0, 0.1) is 11.3 Å². The van der Waals surface area contributed by atoms with Crippen molar-refractivity contribution in [3.05, 3.63) is 0 Å². The third-order valence-corrected chi connectivity index (χ3v) is 3.70. The van der Waals surface area contributed by atoms with Crippen LogP contribution in [0.5, 0.6) is 0 Å². The Labute approximate surface area is 122 Å². The molecule has 5 nitrogen and oxygen atoms in total. The Bertz CT molecular complexity index is 305. The molecular weight excluding hydrogens is 256 g/mol. The van der Waals surface area contributed by atoms with E-state index in [4.69, 9.17) is 4.74 Å². The van der Waals surface area contributed by atoms with Crippen LogP contribution in [0.4, 0.5) is 4.79 Å². The van der Waals surface area contributed by atoms with Gasteiger partial charge in [-0.1, -0.05) is 13.8 Å². The van der Waals surface area contributed by atoms with Gasteiger partial charge < -0.3 is 20.1 Å². The fourth-order valence-electron chi connectivity index (χ4n) is 2.74. The van der Waals surface area contributed by atoms with Gasteiger partial charge in [-0.25, -0.2) is 4.79 Å². The monoisotopic (exact) mass is 286 g/mol. The topological polar surface area (TPSA) is 61.8 Å². The summed E-state index contributed by atoms with van der Waals surface area (Å²) in [5, 5.41) is 12.4. The van der Waals surface area contributed by atoms with Gasteiger partial charge in [0.05, 0.1) is 12.7 Å². The molecule has 1 aliphatic heterocycles. The number of aliphatic hydroxyl groups excluding tert-OH is 1. The van der Waals surface area contributed by atoms with E-state index in [2.05, 4.69) is 19.2 Å². The van der Waals surface area contributed by atoms with Crippen molar-refractivity contribution in [2.45, 2.75) is 46.6 Å². The SMILES string of the molecule is CCOCC1CCN(C(=O)NCC(C)(C)CC(C)O)C1. The molecule has 1 saturated heterocycles. The predicted octanol–water partition coefficient (Wildman–Crippen LogP) is 1.85. The van der Waals surface area contributed by atoms with Crippen molar-refractivity contribution < 1.29 is 14.6 Å². The van der Waals surface area contributed by atoms with Crippen molar-refractivity contribution in [2.24, 2.45) is 11.3 Å². The third kappa shape index (κ3) is 6.09. The summed E-state index contributed by atoms with van der Waals surface area (Å²) in [7, 11) is 0. The van der Waals surface area contributed by atoms with Crippen LogP contribution in [-0.4, -0.2) is 55.0 Å². The quantitative estimate of drug-likeness (QED) is 0.751. The van der Waals surface area contributed by atoms with E-state index < -0.39 is 0 Å². The summed E-state index contributed by atoms with van der Waals surface area (Å²) in [4.78, 5) is 14.0. The number of urea groups is 1. The summed E-state index contributed by atoms with van der Waals surface area (Å²) >= 11 is 0. The van der Waals surface area contributed by atoms with Crippen LogP contribution in [0.2, 0.25) is 0 Å². The summed E-state index contributed by atoms with van der Waals surface area (Å²) in [6, 6.07) is 0.00247. The maximum absolute atomic E-state index is 12.1. The van der Waals surface area contributed by atoms with E-state index in [1.807, 2.05) is 11.8 Å². The Hall–Kier alpha value is -0.810. The first-order valence-electron chi connectivity index (χ1n) is 7.62. The molecule has 1 fully saturated rings. The van der Waals surface area contributed by atoms with Crippen LogP contribution in [0.15, 0.2) is 0 Å². The highest BCUT2D eigenvalue weighted by molar-refractivity contribution is 5.74. The molecule has 2 N–H and O–H groups in total. The van der Waals surface area contributed by atoms with Gasteiger partial charge in [-0.3, -0.25) is 0 Å². The van der Waals surface area contributed by atoms with Gasteiger partial charge in [0.2, 0.25) is 0 Å². The van der Waals surface area contributed by atoms with E-state index >= 15 is 0 Å². The lowest BCUT2D eigenvalue weighted by molar-refractivity contribution is 0.112. The molecule has 2 amide bonds. The third-order valence-electron chi connectivity index (χ3n) is 3.70. The molecule has 0 bridgehead atoms. The van der Waals surface area contributed by atoms with Crippen LogP contribution >= 0.6 is 0 Å². The average Bonchev–Trinajstić information content (AvgIpc) is 2.80. The zero-order chi connectivity index (χ0) is 15.2. The van der Waals surface area contributed by atoms with Gasteiger partial charge in [0.15, 0.2) is 0 Å². The lowest BCUT2D eigenvalue weighted by Gasteiger charge is -2.28. The highest BCUT2D eigenvalue weighted by atomic mass is 16.5. The van der Waals surface area contributed by atoms with E-state index in [0.29, 0.717) is 18.9 Å². The second-order valence-electron chi connectivity index (χ2n) is 6.64. The van der Waals surface area contributed by atoms with E-state index in [-0.39, 0.29) is 17.6 Å². The molecule has 2 unspecified atom stereocenters. The minimum atomic E-state index is -0.343. The number of carbonyl (C=O) groups excluding carboxylic acids is 1. The fraction of sp³-hybridized carbons (Fsp3) is 0.933. The second-order valence-corrected chi connectivity index (χ2v) is 6.64. The first-order valence-corrected chi connectivity index (χ1v) is 7.62. The minimum absolute atomic E-state index is 0.00247. The van der Waals surface area contributed by atoms with Crippen molar-refractivity contribution in [2.75, 3.05) is 32.8 Å². The summed E-state index contributed by atoms with van der Waals surface area (Å²) in [6.45, 7) is 11.5. The normalized spacial score (nSPS) is 21.1. The second kappa shape index (κ2) is 7.84. The molecular formula is C15H30N2O3. The smallest absolute Gasteiger partial charge is 0.317 e. The summed E-state index contributed by atoms with van der Waals surface area (Å²) in [6.07, 6.45) is 1.36. The molecule has 0 aromatic heterocycles. The van der Waals surface area contributed by atoms with Crippen LogP contribution in [0.3, 0.4) is 0 Å². The summed E-state index contributed by atoms with van der Waals surface area (Å²) < 4.78 is 5.42. The van der Waals surface area contributed by atoms with Gasteiger partial charge in [-0.05, 0) is 32.1 Å². The standard InChI is InChI=1S/C15H30N2O3/c1-5-20-10-13-6-7-17(9-13)14(19)16-11-15(3,4)8-12(2)18/h12-13,18H,5-11H2,1-4H3,(H,16,19). The molecule has 2 atom stereocenters. The van der Waals surface area contributed by atoms with Crippen molar-refractivity contribution in [3.63, 3.8) is 0 Å². The number of nitrogens with zero attached hydrogens (tertiary/aromatic N) is 1. The van der Waals surface area contributed by atoms with Crippen molar-refractivity contribution in [3.8, 4) is 0 Å². The zero-order valence-corrected chi connectivity index (χ0v) is 13.3. The number of likely N-dealkylation sites (tertiary alicyclic amines) is 1. The lowest BCUT2D eigenvalue weighted by Crippen LogP contribution is -2.43. The Morgan fingerprint density at radius 1 is 1.55 bits per heavy atom. The molecule has 118 valence electrons. The maximum Gasteiger partial charge on any atom is 0.317 e. The molecule has 5 heteroatoms. The molecule has 1 aliphatic rings. The van der Waals surface area contributed by atoms with Gasteiger partial charge >= 0.3 is 6.03 Å². The van der Waals surface area contributed by atoms with Crippen molar-refractivity contribution in [1.29, 1.82) is 0 Å². The Kier molecular flexibility index (Phi) is 6.76. The number of nitrogens with one attached hydrogen (secondary N) is 1. The Morgan fingerprint density at radius 3 is 2.85 bits per heavy atom. The lowest BCUT2D eigenvalue weighted by atomic mass is 9.87. The molecule has 0 saturated carbocycles. The average molecular weight is 286 g/mol. The highest BCUT2D eigenvalue weighted by Crippen LogP contribution is 2.22. The number of amides is 2. The van der Waals surface area contributed by atoms with Gasteiger partial charge in [-0.15, -0.1) is 0 Å². The number of hydrogen-bond acceptors (Lipinski definition) is 3. The van der Waals surface area contributed by atoms with E-state index in [9.17, 15) is 9.90 Å². The number of ether oxygens (including phenoxy) is 1. The zero-order valence-electron chi connectivity index (χ0n) is 13.3. The summed E-state index contributed by atoms with van der Waals surface area (Å²) in [5.74, 6) is 0.464. The Balaban J connectivity index is 2.30. The minimum Gasteiger partial charge on any atom is -0.393 e. The number of hydrogen-bond donors (Lipinski definition) is 2. The molecule has 0 aromatic carbocycles.